The summed E-state index contributed by atoms with van der Waals surface area (Å²) in [6.45, 7) is 0. The fourth-order valence-corrected chi connectivity index (χ4v) is 5.25. The zero-order valence-corrected chi connectivity index (χ0v) is 12.6. The molecule has 0 aromatic heterocycles. The molecule has 5 heteroatoms. The quantitative estimate of drug-likeness (QED) is 0.661. The van der Waals surface area contributed by atoms with Gasteiger partial charge >= 0.3 is 0 Å². The highest BCUT2D eigenvalue weighted by Gasteiger charge is 2.48. The van der Waals surface area contributed by atoms with E-state index >= 15 is 0 Å². The van der Waals surface area contributed by atoms with Crippen LogP contribution in [0.4, 0.5) is 11.4 Å². The van der Waals surface area contributed by atoms with Gasteiger partial charge in [-0.15, -0.1) is 0 Å². The minimum atomic E-state index is -0.363. The molecule has 21 heavy (non-hydrogen) atoms. The monoisotopic (exact) mass is 306 g/mol. The summed E-state index contributed by atoms with van der Waals surface area (Å²) in [5.41, 5.74) is 0.828. The number of rotatable bonds is 3. The van der Waals surface area contributed by atoms with Gasteiger partial charge in [0.2, 0.25) is 0 Å². The van der Waals surface area contributed by atoms with Gasteiger partial charge in [0.05, 0.1) is 15.6 Å². The van der Waals surface area contributed by atoms with E-state index in [1.807, 2.05) is 0 Å². The van der Waals surface area contributed by atoms with Crippen LogP contribution in [0.1, 0.15) is 32.1 Å². The van der Waals surface area contributed by atoms with Crippen molar-refractivity contribution in [2.45, 2.75) is 38.1 Å². The van der Waals surface area contributed by atoms with Gasteiger partial charge in [-0.25, -0.2) is 0 Å². The van der Waals surface area contributed by atoms with Crippen molar-refractivity contribution in [2.24, 2.45) is 23.7 Å². The average molecular weight is 307 g/mol. The Hall–Kier alpha value is -1.29. The number of nitro benzene ring substituents is 1. The van der Waals surface area contributed by atoms with E-state index in [9.17, 15) is 10.1 Å². The third-order valence-electron chi connectivity index (χ3n) is 5.71. The van der Waals surface area contributed by atoms with Crippen molar-refractivity contribution in [3.63, 3.8) is 0 Å². The molecule has 0 saturated heterocycles. The maximum absolute atomic E-state index is 10.9. The molecule has 1 aromatic rings. The first-order chi connectivity index (χ1) is 10.1. The van der Waals surface area contributed by atoms with Gasteiger partial charge in [0.1, 0.15) is 0 Å². The van der Waals surface area contributed by atoms with Crippen molar-refractivity contribution in [3.8, 4) is 0 Å². The first-order valence-corrected chi connectivity index (χ1v) is 8.18. The fraction of sp³-hybridized carbons (Fsp3) is 0.625. The van der Waals surface area contributed by atoms with E-state index in [1.165, 1.54) is 38.2 Å². The lowest BCUT2D eigenvalue weighted by molar-refractivity contribution is -0.384. The molecular formula is C16H19ClN2O2. The number of benzene rings is 1. The molecule has 5 rings (SSSR count). The Morgan fingerprint density at radius 2 is 1.71 bits per heavy atom. The van der Waals surface area contributed by atoms with Gasteiger partial charge in [0.15, 0.2) is 0 Å². The highest BCUT2D eigenvalue weighted by Crippen LogP contribution is 2.54. The molecule has 0 spiro atoms. The van der Waals surface area contributed by atoms with Crippen LogP contribution in [-0.2, 0) is 0 Å². The van der Waals surface area contributed by atoms with Crippen LogP contribution in [0.15, 0.2) is 18.2 Å². The molecule has 1 N–H and O–H groups in total. The molecule has 0 aliphatic heterocycles. The Balaban J connectivity index is 1.59. The van der Waals surface area contributed by atoms with Crippen molar-refractivity contribution in [2.75, 3.05) is 5.32 Å². The third-order valence-corrected chi connectivity index (χ3v) is 6.04. The SMILES string of the molecule is O=[N+]([O-])c1ccc(Cl)c(NC2C3CC4CC(C3)CC2C4)c1. The number of non-ortho nitro benzene ring substituents is 1. The Labute approximate surface area is 129 Å². The number of hydrogen-bond acceptors (Lipinski definition) is 3. The summed E-state index contributed by atoms with van der Waals surface area (Å²) in [6.07, 6.45) is 6.69. The number of anilines is 1. The van der Waals surface area contributed by atoms with Crippen molar-refractivity contribution < 1.29 is 4.92 Å². The van der Waals surface area contributed by atoms with E-state index in [2.05, 4.69) is 5.32 Å². The second-order valence-electron chi connectivity index (χ2n) is 7.02. The van der Waals surface area contributed by atoms with Crippen LogP contribution in [0.2, 0.25) is 5.02 Å². The van der Waals surface area contributed by atoms with Crippen LogP contribution in [0.5, 0.6) is 0 Å². The zero-order valence-electron chi connectivity index (χ0n) is 11.8. The topological polar surface area (TPSA) is 55.2 Å². The third kappa shape index (κ3) is 2.30. The van der Waals surface area contributed by atoms with Crippen molar-refractivity contribution in [1.82, 2.24) is 0 Å². The molecule has 0 amide bonds. The smallest absolute Gasteiger partial charge is 0.271 e. The molecular weight excluding hydrogens is 288 g/mol. The van der Waals surface area contributed by atoms with E-state index in [0.29, 0.717) is 11.1 Å². The summed E-state index contributed by atoms with van der Waals surface area (Å²) in [4.78, 5) is 10.6. The lowest BCUT2D eigenvalue weighted by atomic mass is 9.54. The molecule has 0 heterocycles. The normalized spacial score (nSPS) is 36.7. The number of hydrogen-bond donors (Lipinski definition) is 1. The Morgan fingerprint density at radius 3 is 2.29 bits per heavy atom. The predicted molar refractivity (Wildman–Crippen MR) is 82.6 cm³/mol. The Bertz CT molecular complexity index is 562. The van der Waals surface area contributed by atoms with E-state index in [0.717, 1.165) is 29.4 Å². The number of halogens is 1. The van der Waals surface area contributed by atoms with E-state index in [1.54, 1.807) is 12.1 Å². The standard InChI is InChI=1S/C16H19ClN2O2/c17-14-2-1-13(19(20)21)8-15(14)18-16-11-4-9-3-10(6-11)7-12(16)5-9/h1-2,8-12,16,18H,3-7H2. The van der Waals surface area contributed by atoms with Crippen LogP contribution < -0.4 is 5.32 Å². The summed E-state index contributed by atoms with van der Waals surface area (Å²) in [5.74, 6) is 3.28. The summed E-state index contributed by atoms with van der Waals surface area (Å²) in [7, 11) is 0. The van der Waals surface area contributed by atoms with Gasteiger partial charge in [-0.1, -0.05) is 11.6 Å². The molecule has 4 bridgehead atoms. The molecule has 4 aliphatic carbocycles. The Morgan fingerprint density at radius 1 is 1.10 bits per heavy atom. The van der Waals surface area contributed by atoms with Gasteiger partial charge in [-0.05, 0) is 61.8 Å². The first kappa shape index (κ1) is 13.4. The molecule has 0 radical (unpaired) electrons. The van der Waals surface area contributed by atoms with Crippen LogP contribution in [0.3, 0.4) is 0 Å². The van der Waals surface area contributed by atoms with Crippen molar-refractivity contribution in [3.05, 3.63) is 33.3 Å². The number of nitrogens with zero attached hydrogens (tertiary/aromatic N) is 1. The average Bonchev–Trinajstić information content (AvgIpc) is 2.43. The van der Waals surface area contributed by atoms with Crippen molar-refractivity contribution >= 4 is 23.0 Å². The van der Waals surface area contributed by atoms with Crippen LogP contribution >= 0.6 is 11.6 Å². The summed E-state index contributed by atoms with van der Waals surface area (Å²) in [5, 5.41) is 15.1. The largest absolute Gasteiger partial charge is 0.380 e. The number of nitrogens with one attached hydrogen (secondary N) is 1. The molecule has 4 aliphatic rings. The minimum absolute atomic E-state index is 0.103. The van der Waals surface area contributed by atoms with E-state index < -0.39 is 0 Å². The van der Waals surface area contributed by atoms with Gasteiger partial charge in [-0.3, -0.25) is 10.1 Å². The van der Waals surface area contributed by atoms with Gasteiger partial charge in [0, 0.05) is 18.2 Å². The summed E-state index contributed by atoms with van der Waals surface area (Å²) < 4.78 is 0. The molecule has 4 saturated carbocycles. The van der Waals surface area contributed by atoms with Gasteiger partial charge < -0.3 is 5.32 Å². The van der Waals surface area contributed by atoms with Crippen LogP contribution in [0.25, 0.3) is 0 Å². The Kier molecular flexibility index (Phi) is 3.10. The number of nitro groups is 1. The fourth-order valence-electron chi connectivity index (χ4n) is 5.08. The molecule has 4 nitrogen and oxygen atoms in total. The van der Waals surface area contributed by atoms with Gasteiger partial charge in [-0.2, -0.15) is 0 Å². The van der Waals surface area contributed by atoms with E-state index in [-0.39, 0.29) is 10.6 Å². The zero-order chi connectivity index (χ0) is 14.6. The van der Waals surface area contributed by atoms with Crippen LogP contribution in [-0.4, -0.2) is 11.0 Å². The second-order valence-corrected chi connectivity index (χ2v) is 7.43. The maximum Gasteiger partial charge on any atom is 0.271 e. The van der Waals surface area contributed by atoms with Crippen molar-refractivity contribution in [1.29, 1.82) is 0 Å². The summed E-state index contributed by atoms with van der Waals surface area (Å²) >= 11 is 6.23. The molecule has 1 aromatic carbocycles. The second kappa shape index (κ2) is 4.87. The molecule has 112 valence electrons. The lowest BCUT2D eigenvalue weighted by Crippen LogP contribution is -2.51. The van der Waals surface area contributed by atoms with Crippen LogP contribution in [0, 0.1) is 33.8 Å². The maximum atomic E-state index is 10.9. The van der Waals surface area contributed by atoms with Gasteiger partial charge in [0.25, 0.3) is 5.69 Å². The molecule has 0 unspecified atom stereocenters. The molecule has 4 fully saturated rings. The van der Waals surface area contributed by atoms with E-state index in [4.69, 9.17) is 11.6 Å². The lowest BCUT2D eigenvalue weighted by Gasteiger charge is -2.54. The minimum Gasteiger partial charge on any atom is -0.380 e. The molecule has 0 atom stereocenters. The summed E-state index contributed by atoms with van der Waals surface area (Å²) in [6, 6.07) is 5.10. The first-order valence-electron chi connectivity index (χ1n) is 7.80. The highest BCUT2D eigenvalue weighted by molar-refractivity contribution is 6.33. The highest BCUT2D eigenvalue weighted by atomic mass is 35.5. The predicted octanol–water partition coefficient (Wildman–Crippen LogP) is 4.48.